The molecule has 1 aromatic carbocycles. The smallest absolute Gasteiger partial charge is 0.245 e. The van der Waals surface area contributed by atoms with Crippen molar-refractivity contribution in [3.05, 3.63) is 23.7 Å². The Bertz CT molecular complexity index is 1000. The first-order valence-electron chi connectivity index (χ1n) is 10.5. The molecule has 3 amide bonds. The van der Waals surface area contributed by atoms with Gasteiger partial charge in [-0.25, -0.2) is 4.98 Å². The molecule has 0 bridgehead atoms. The number of rotatable bonds is 5. The summed E-state index contributed by atoms with van der Waals surface area (Å²) in [7, 11) is 0. The Morgan fingerprint density at radius 2 is 2.13 bits per heavy atom. The van der Waals surface area contributed by atoms with Crippen LogP contribution in [0.5, 0.6) is 0 Å². The fourth-order valence-electron chi connectivity index (χ4n) is 4.50. The molecule has 1 aromatic heterocycles. The maximum absolute atomic E-state index is 12.9. The van der Waals surface area contributed by atoms with E-state index in [1.807, 2.05) is 18.2 Å². The molecular formula is C21H25N5O3S. The van der Waals surface area contributed by atoms with Crippen LogP contribution < -0.4 is 5.32 Å². The fraction of sp³-hybridized carbons (Fsp3) is 0.524. The largest absolute Gasteiger partial charge is 0.328 e. The van der Waals surface area contributed by atoms with E-state index >= 15 is 0 Å². The summed E-state index contributed by atoms with van der Waals surface area (Å²) in [6.45, 7) is 3.83. The van der Waals surface area contributed by atoms with E-state index in [1.165, 1.54) is 24.2 Å². The van der Waals surface area contributed by atoms with E-state index in [1.54, 1.807) is 22.2 Å². The SMILES string of the molecule is C[C@H]1C(=O)N(CC(=O)Nc2ccc3ncsc3c2)C[C@@H]2N(CC3CC3)CCC(=O)N21. The van der Waals surface area contributed by atoms with Gasteiger partial charge in [-0.1, -0.05) is 0 Å². The summed E-state index contributed by atoms with van der Waals surface area (Å²) in [6.07, 6.45) is 2.80. The average Bonchev–Trinajstić information content (AvgIpc) is 3.41. The summed E-state index contributed by atoms with van der Waals surface area (Å²) in [4.78, 5) is 48.0. The molecule has 1 saturated carbocycles. The number of carbonyl (C=O) groups is 3. The van der Waals surface area contributed by atoms with Crippen LogP contribution in [-0.4, -0.2) is 75.8 Å². The topological polar surface area (TPSA) is 85.9 Å². The van der Waals surface area contributed by atoms with Crippen molar-refractivity contribution >= 4 is 45.0 Å². The van der Waals surface area contributed by atoms with Crippen molar-refractivity contribution in [1.29, 1.82) is 0 Å². The normalized spacial score (nSPS) is 25.0. The van der Waals surface area contributed by atoms with Crippen molar-refractivity contribution in [3.63, 3.8) is 0 Å². The molecule has 2 atom stereocenters. The molecule has 1 aliphatic carbocycles. The highest BCUT2D eigenvalue weighted by Gasteiger charge is 2.46. The van der Waals surface area contributed by atoms with Gasteiger partial charge in [0, 0.05) is 25.2 Å². The Labute approximate surface area is 178 Å². The summed E-state index contributed by atoms with van der Waals surface area (Å²) in [6, 6.07) is 5.04. The van der Waals surface area contributed by atoms with Gasteiger partial charge in [0.1, 0.15) is 18.8 Å². The van der Waals surface area contributed by atoms with Crippen LogP contribution in [0.1, 0.15) is 26.2 Å². The second-order valence-corrected chi connectivity index (χ2v) is 9.33. The van der Waals surface area contributed by atoms with Crippen LogP contribution in [0, 0.1) is 5.92 Å². The van der Waals surface area contributed by atoms with E-state index in [2.05, 4.69) is 15.2 Å². The molecule has 3 fully saturated rings. The van der Waals surface area contributed by atoms with E-state index in [9.17, 15) is 14.4 Å². The molecular weight excluding hydrogens is 402 g/mol. The van der Waals surface area contributed by atoms with Gasteiger partial charge in [-0.05, 0) is 43.9 Å². The number of hydrogen-bond donors (Lipinski definition) is 1. The molecule has 158 valence electrons. The third-order valence-corrected chi connectivity index (χ3v) is 7.04. The molecule has 8 nitrogen and oxygen atoms in total. The number of nitrogens with zero attached hydrogens (tertiary/aromatic N) is 4. The van der Waals surface area contributed by atoms with Crippen LogP contribution >= 0.6 is 11.3 Å². The Hall–Kier alpha value is -2.52. The van der Waals surface area contributed by atoms with Gasteiger partial charge in [0.05, 0.1) is 22.3 Å². The lowest BCUT2D eigenvalue weighted by molar-refractivity contribution is -0.169. The van der Waals surface area contributed by atoms with Gasteiger partial charge >= 0.3 is 0 Å². The zero-order valence-electron chi connectivity index (χ0n) is 16.9. The van der Waals surface area contributed by atoms with E-state index in [0.717, 1.165) is 23.3 Å². The molecule has 30 heavy (non-hydrogen) atoms. The quantitative estimate of drug-likeness (QED) is 0.786. The summed E-state index contributed by atoms with van der Waals surface area (Å²) in [5.41, 5.74) is 3.37. The number of amides is 3. The summed E-state index contributed by atoms with van der Waals surface area (Å²) >= 11 is 1.52. The van der Waals surface area contributed by atoms with E-state index in [-0.39, 0.29) is 30.4 Å². The molecule has 3 heterocycles. The number of fused-ring (bicyclic) bond motifs is 2. The van der Waals surface area contributed by atoms with Crippen molar-refractivity contribution in [1.82, 2.24) is 19.7 Å². The average molecular weight is 428 g/mol. The highest BCUT2D eigenvalue weighted by atomic mass is 32.1. The molecule has 5 rings (SSSR count). The van der Waals surface area contributed by atoms with Crippen molar-refractivity contribution in [2.75, 3.05) is 31.5 Å². The van der Waals surface area contributed by atoms with Gasteiger partial charge in [0.25, 0.3) is 0 Å². The van der Waals surface area contributed by atoms with Crippen LogP contribution in [0.25, 0.3) is 10.2 Å². The van der Waals surface area contributed by atoms with Crippen molar-refractivity contribution < 1.29 is 14.4 Å². The molecule has 9 heteroatoms. The molecule has 0 spiro atoms. The minimum absolute atomic E-state index is 0.0142. The molecule has 2 saturated heterocycles. The number of carbonyl (C=O) groups excluding carboxylic acids is 3. The second kappa shape index (κ2) is 7.63. The monoisotopic (exact) mass is 427 g/mol. The third-order valence-electron chi connectivity index (χ3n) is 6.25. The van der Waals surface area contributed by atoms with E-state index in [4.69, 9.17) is 0 Å². The first-order chi connectivity index (χ1) is 14.5. The van der Waals surface area contributed by atoms with Crippen LogP contribution in [-0.2, 0) is 14.4 Å². The second-order valence-electron chi connectivity index (χ2n) is 8.45. The van der Waals surface area contributed by atoms with Gasteiger partial charge in [0.2, 0.25) is 17.7 Å². The zero-order valence-corrected chi connectivity index (χ0v) is 17.7. The molecule has 3 aliphatic rings. The highest BCUT2D eigenvalue weighted by molar-refractivity contribution is 7.16. The minimum atomic E-state index is -0.542. The molecule has 1 N–H and O–H groups in total. The Balaban J connectivity index is 1.28. The van der Waals surface area contributed by atoms with E-state index < -0.39 is 6.04 Å². The Kier molecular flexibility index (Phi) is 4.94. The Morgan fingerprint density at radius 3 is 2.93 bits per heavy atom. The number of aromatic nitrogens is 1. The standard InChI is InChI=1S/C21H25N5O3S/c1-13-21(29)25(10-18(27)23-15-4-5-16-17(8-15)30-12-22-16)11-19-24(9-14-2-3-14)7-6-20(28)26(13)19/h4-5,8,12-14,19H,2-3,6-7,9-11H2,1H3,(H,23,27)/t13-,19+/m0/s1. The number of hydrogen-bond acceptors (Lipinski definition) is 6. The van der Waals surface area contributed by atoms with Crippen LogP contribution in [0.3, 0.4) is 0 Å². The van der Waals surface area contributed by atoms with Crippen LogP contribution in [0.15, 0.2) is 23.7 Å². The molecule has 2 aliphatic heterocycles. The lowest BCUT2D eigenvalue weighted by Gasteiger charge is -2.51. The van der Waals surface area contributed by atoms with E-state index in [0.29, 0.717) is 24.6 Å². The number of nitrogens with one attached hydrogen (secondary N) is 1. The number of benzene rings is 1. The van der Waals surface area contributed by atoms with Crippen molar-refractivity contribution in [2.24, 2.45) is 5.92 Å². The van der Waals surface area contributed by atoms with Gasteiger partial charge in [-0.3, -0.25) is 19.3 Å². The van der Waals surface area contributed by atoms with Crippen molar-refractivity contribution in [2.45, 2.75) is 38.4 Å². The molecule has 0 radical (unpaired) electrons. The van der Waals surface area contributed by atoms with Gasteiger partial charge in [-0.2, -0.15) is 0 Å². The zero-order chi connectivity index (χ0) is 20.8. The predicted molar refractivity (Wildman–Crippen MR) is 114 cm³/mol. The lowest BCUT2D eigenvalue weighted by Crippen LogP contribution is -2.70. The maximum Gasteiger partial charge on any atom is 0.245 e. The molecule has 0 unspecified atom stereocenters. The van der Waals surface area contributed by atoms with Gasteiger partial charge in [0.15, 0.2) is 0 Å². The lowest BCUT2D eigenvalue weighted by atomic mass is 10.0. The summed E-state index contributed by atoms with van der Waals surface area (Å²) in [5.74, 6) is 0.339. The summed E-state index contributed by atoms with van der Waals surface area (Å²) < 4.78 is 1.00. The molecule has 2 aromatic rings. The maximum atomic E-state index is 12.9. The Morgan fingerprint density at radius 1 is 1.30 bits per heavy atom. The van der Waals surface area contributed by atoms with Crippen LogP contribution in [0.4, 0.5) is 5.69 Å². The first-order valence-corrected chi connectivity index (χ1v) is 11.3. The van der Waals surface area contributed by atoms with Crippen LogP contribution in [0.2, 0.25) is 0 Å². The third kappa shape index (κ3) is 3.67. The number of piperazine rings is 1. The summed E-state index contributed by atoms with van der Waals surface area (Å²) in [5, 5.41) is 2.89. The van der Waals surface area contributed by atoms with Gasteiger partial charge in [-0.15, -0.1) is 11.3 Å². The number of anilines is 1. The first kappa shape index (κ1) is 19.4. The number of thiazole rings is 1. The van der Waals surface area contributed by atoms with Gasteiger partial charge < -0.3 is 15.1 Å². The predicted octanol–water partition coefficient (Wildman–Crippen LogP) is 1.74. The highest BCUT2D eigenvalue weighted by Crippen LogP contribution is 2.33. The van der Waals surface area contributed by atoms with Crippen molar-refractivity contribution in [3.8, 4) is 0 Å². The fourth-order valence-corrected chi connectivity index (χ4v) is 5.22. The minimum Gasteiger partial charge on any atom is -0.328 e.